The van der Waals surface area contributed by atoms with Crippen molar-refractivity contribution in [1.29, 1.82) is 0 Å². The third-order valence-electron chi connectivity index (χ3n) is 4.71. The van der Waals surface area contributed by atoms with Gasteiger partial charge in [0.25, 0.3) is 5.91 Å². The molecule has 6 nitrogen and oxygen atoms in total. The van der Waals surface area contributed by atoms with Crippen LogP contribution >= 0.6 is 0 Å². The molecule has 1 saturated heterocycles. The van der Waals surface area contributed by atoms with Crippen LogP contribution in [0.15, 0.2) is 47.4 Å². The van der Waals surface area contributed by atoms with Crippen LogP contribution in [-0.2, 0) is 18.3 Å². The van der Waals surface area contributed by atoms with Gasteiger partial charge in [-0.1, -0.05) is 12.1 Å². The van der Waals surface area contributed by atoms with Gasteiger partial charge in [0.15, 0.2) is 0 Å². The van der Waals surface area contributed by atoms with E-state index >= 15 is 0 Å². The second-order valence-corrected chi connectivity index (χ2v) is 6.70. The van der Waals surface area contributed by atoms with Crippen molar-refractivity contribution in [2.45, 2.75) is 12.8 Å². The summed E-state index contributed by atoms with van der Waals surface area (Å²) >= 11 is 0. The summed E-state index contributed by atoms with van der Waals surface area (Å²) < 4.78 is 14.7. The molecule has 0 unspecified atom stereocenters. The van der Waals surface area contributed by atoms with Gasteiger partial charge in [-0.25, -0.2) is 4.39 Å². The molecule has 1 aliphatic rings. The first kappa shape index (κ1) is 18.8. The molecular formula is C20H22FN3O3. The molecule has 2 heterocycles. The molecule has 27 heavy (non-hydrogen) atoms. The Labute approximate surface area is 156 Å². The lowest BCUT2D eigenvalue weighted by molar-refractivity contribution is -0.130. The molecule has 0 atom stereocenters. The molecule has 0 aliphatic carbocycles. The monoisotopic (exact) mass is 371 g/mol. The lowest BCUT2D eigenvalue weighted by Gasteiger charge is -2.22. The van der Waals surface area contributed by atoms with Crippen LogP contribution in [-0.4, -0.2) is 52.4 Å². The molecule has 2 amide bonds. The summed E-state index contributed by atoms with van der Waals surface area (Å²) in [6, 6.07) is 8.94. The molecule has 1 aliphatic heterocycles. The molecule has 0 bridgehead atoms. The van der Waals surface area contributed by atoms with E-state index in [-0.39, 0.29) is 29.6 Å². The number of carbonyl (C=O) groups excluding carboxylic acids is 2. The number of amides is 2. The third-order valence-corrected chi connectivity index (χ3v) is 4.71. The fourth-order valence-corrected chi connectivity index (χ4v) is 3.21. The maximum absolute atomic E-state index is 13.3. The second-order valence-electron chi connectivity index (χ2n) is 6.70. The number of hydrogen-bond acceptors (Lipinski definition) is 3. The molecule has 3 rings (SSSR count). The molecule has 1 fully saturated rings. The Bertz CT molecular complexity index is 909. The summed E-state index contributed by atoms with van der Waals surface area (Å²) in [5.74, 6) is -0.577. The van der Waals surface area contributed by atoms with E-state index in [1.807, 2.05) is 0 Å². The Hall–Kier alpha value is -2.96. The van der Waals surface area contributed by atoms with Crippen molar-refractivity contribution in [3.63, 3.8) is 0 Å². The average Bonchev–Trinajstić information content (AvgIpc) is 2.90. The zero-order valence-corrected chi connectivity index (χ0v) is 15.2. The molecule has 0 spiro atoms. The predicted octanol–water partition coefficient (Wildman–Crippen LogP) is 1.44. The van der Waals surface area contributed by atoms with Crippen LogP contribution in [0.4, 0.5) is 4.39 Å². The normalized spacial score (nSPS) is 14.7. The highest BCUT2D eigenvalue weighted by Crippen LogP contribution is 2.11. The number of halogens is 1. The van der Waals surface area contributed by atoms with Crippen molar-refractivity contribution in [1.82, 2.24) is 14.4 Å². The van der Waals surface area contributed by atoms with Gasteiger partial charge in [0, 0.05) is 45.5 Å². The number of aryl methyl sites for hydroxylation is 1. The zero-order valence-electron chi connectivity index (χ0n) is 15.2. The minimum absolute atomic E-state index is 0.0722. The predicted molar refractivity (Wildman–Crippen MR) is 98.9 cm³/mol. The average molecular weight is 371 g/mol. The van der Waals surface area contributed by atoms with Crippen molar-refractivity contribution in [2.75, 3.05) is 26.2 Å². The van der Waals surface area contributed by atoms with Crippen LogP contribution in [0.25, 0.3) is 0 Å². The summed E-state index contributed by atoms with van der Waals surface area (Å²) in [6.45, 7) is 1.97. The molecule has 0 radical (unpaired) electrons. The zero-order chi connectivity index (χ0) is 19.4. The van der Waals surface area contributed by atoms with Gasteiger partial charge in [0.2, 0.25) is 11.5 Å². The lowest BCUT2D eigenvalue weighted by atomic mass is 10.1. The van der Waals surface area contributed by atoms with Crippen molar-refractivity contribution in [2.24, 2.45) is 7.05 Å². The summed E-state index contributed by atoms with van der Waals surface area (Å²) in [4.78, 5) is 40.1. The van der Waals surface area contributed by atoms with E-state index in [1.165, 1.54) is 35.0 Å². The van der Waals surface area contributed by atoms with E-state index in [9.17, 15) is 18.8 Å². The summed E-state index contributed by atoms with van der Waals surface area (Å²) in [5, 5.41) is 0. The SMILES string of the molecule is Cn1cc(C(=O)N2CCCN(C(=O)Cc3cccc(F)c3)CC2)ccc1=O. The Morgan fingerprint density at radius 1 is 1.04 bits per heavy atom. The maximum Gasteiger partial charge on any atom is 0.255 e. The third kappa shape index (κ3) is 4.61. The number of pyridine rings is 1. The minimum Gasteiger partial charge on any atom is -0.341 e. The first-order valence-electron chi connectivity index (χ1n) is 8.92. The van der Waals surface area contributed by atoms with E-state index in [0.29, 0.717) is 43.7 Å². The highest BCUT2D eigenvalue weighted by atomic mass is 19.1. The van der Waals surface area contributed by atoms with E-state index < -0.39 is 0 Å². The second kappa shape index (κ2) is 8.16. The van der Waals surface area contributed by atoms with Gasteiger partial charge in [-0.05, 0) is 30.2 Å². The maximum atomic E-state index is 13.3. The van der Waals surface area contributed by atoms with Crippen LogP contribution in [0.5, 0.6) is 0 Å². The Balaban J connectivity index is 1.62. The molecule has 1 aromatic heterocycles. The van der Waals surface area contributed by atoms with Gasteiger partial charge in [0.05, 0.1) is 12.0 Å². The Morgan fingerprint density at radius 2 is 1.78 bits per heavy atom. The standard InChI is InChI=1S/C20H22FN3O3/c1-22-14-16(6-7-18(22)25)20(27)24-9-3-8-23(10-11-24)19(26)13-15-4-2-5-17(21)12-15/h2,4-7,12,14H,3,8-11,13H2,1H3. The topological polar surface area (TPSA) is 62.6 Å². The highest BCUT2D eigenvalue weighted by molar-refractivity contribution is 5.94. The number of nitrogens with zero attached hydrogens (tertiary/aromatic N) is 3. The van der Waals surface area contributed by atoms with Crippen molar-refractivity contribution < 1.29 is 14.0 Å². The molecule has 0 saturated carbocycles. The van der Waals surface area contributed by atoms with Gasteiger partial charge < -0.3 is 14.4 Å². The van der Waals surface area contributed by atoms with Crippen LogP contribution < -0.4 is 5.56 Å². The van der Waals surface area contributed by atoms with Gasteiger partial charge in [-0.15, -0.1) is 0 Å². The molecule has 0 N–H and O–H groups in total. The van der Waals surface area contributed by atoms with Crippen molar-refractivity contribution in [3.8, 4) is 0 Å². The van der Waals surface area contributed by atoms with Crippen molar-refractivity contribution >= 4 is 11.8 Å². The van der Waals surface area contributed by atoms with Gasteiger partial charge in [0.1, 0.15) is 5.82 Å². The van der Waals surface area contributed by atoms with Gasteiger partial charge in [-0.2, -0.15) is 0 Å². The molecule has 2 aromatic rings. The van der Waals surface area contributed by atoms with Crippen LogP contribution in [0, 0.1) is 5.82 Å². The van der Waals surface area contributed by atoms with Crippen LogP contribution in [0.2, 0.25) is 0 Å². The first-order valence-corrected chi connectivity index (χ1v) is 8.92. The fraction of sp³-hybridized carbons (Fsp3) is 0.350. The van der Waals surface area contributed by atoms with Gasteiger partial charge >= 0.3 is 0 Å². The quantitative estimate of drug-likeness (QED) is 0.820. The number of carbonyl (C=O) groups is 2. The number of rotatable bonds is 3. The summed E-state index contributed by atoms with van der Waals surface area (Å²) in [5.41, 5.74) is 0.926. The van der Waals surface area contributed by atoms with E-state index in [0.717, 1.165) is 0 Å². The first-order chi connectivity index (χ1) is 12.9. The Kier molecular flexibility index (Phi) is 5.69. The smallest absolute Gasteiger partial charge is 0.255 e. The largest absolute Gasteiger partial charge is 0.341 e. The molecule has 1 aromatic carbocycles. The fourth-order valence-electron chi connectivity index (χ4n) is 3.21. The highest BCUT2D eigenvalue weighted by Gasteiger charge is 2.23. The Morgan fingerprint density at radius 3 is 2.52 bits per heavy atom. The van der Waals surface area contributed by atoms with Crippen LogP contribution in [0.1, 0.15) is 22.3 Å². The number of aromatic nitrogens is 1. The van der Waals surface area contributed by atoms with Crippen LogP contribution in [0.3, 0.4) is 0 Å². The van der Waals surface area contributed by atoms with Crippen molar-refractivity contribution in [3.05, 3.63) is 69.9 Å². The van der Waals surface area contributed by atoms with E-state index in [4.69, 9.17) is 0 Å². The minimum atomic E-state index is -0.356. The summed E-state index contributed by atoms with van der Waals surface area (Å²) in [7, 11) is 1.61. The van der Waals surface area contributed by atoms with E-state index in [1.54, 1.807) is 29.0 Å². The summed E-state index contributed by atoms with van der Waals surface area (Å²) in [6.07, 6.45) is 2.35. The van der Waals surface area contributed by atoms with Gasteiger partial charge in [-0.3, -0.25) is 14.4 Å². The molecule has 7 heteroatoms. The van der Waals surface area contributed by atoms with E-state index in [2.05, 4.69) is 0 Å². The molecular weight excluding hydrogens is 349 g/mol. The molecule has 142 valence electrons. The number of benzene rings is 1. The number of hydrogen-bond donors (Lipinski definition) is 0. The lowest BCUT2D eigenvalue weighted by Crippen LogP contribution is -2.38.